The van der Waals surface area contributed by atoms with Gasteiger partial charge in [-0.2, -0.15) is 0 Å². The minimum absolute atomic E-state index is 0.128. The summed E-state index contributed by atoms with van der Waals surface area (Å²) in [5.74, 6) is 0.135. The average molecular weight is 378 g/mol. The monoisotopic (exact) mass is 378 g/mol. The molecule has 1 aromatic carbocycles. The van der Waals surface area contributed by atoms with Crippen LogP contribution >= 0.6 is 11.3 Å². The number of ether oxygens (including phenoxy) is 2. The minimum Gasteiger partial charge on any atom is -0.493 e. The first-order valence-electron chi connectivity index (χ1n) is 8.06. The van der Waals surface area contributed by atoms with Crippen LogP contribution in [0.3, 0.4) is 0 Å². The lowest BCUT2D eigenvalue weighted by molar-refractivity contribution is -0.121. The molecule has 2 N–H and O–H groups in total. The van der Waals surface area contributed by atoms with E-state index in [0.29, 0.717) is 35.0 Å². The number of carboxylic acid groups (broad SMARTS) is 1. The molecule has 8 heteroatoms. The number of thiazole rings is 1. The van der Waals surface area contributed by atoms with Crippen molar-refractivity contribution in [3.8, 4) is 11.5 Å². The number of aromatic carboxylic acids is 1. The number of hydrogen-bond acceptors (Lipinski definition) is 6. The Kier molecular flexibility index (Phi) is 6.57. The van der Waals surface area contributed by atoms with Crippen molar-refractivity contribution < 1.29 is 24.2 Å². The molecule has 0 radical (unpaired) electrons. The predicted molar refractivity (Wildman–Crippen MR) is 98.2 cm³/mol. The molecule has 2 aromatic rings. The standard InChI is InChI=1S/C18H22N2O5S/c1-10-16(18(22)23)26-17(20-10)11(2)19-15(21)8-6-12-5-7-13(24-3)14(9-12)25-4/h5,7,9,11H,6,8H2,1-4H3,(H,19,21)(H,22,23). The third-order valence-corrected chi connectivity index (χ3v) is 5.17. The molecule has 0 bridgehead atoms. The van der Waals surface area contributed by atoms with Crippen LogP contribution < -0.4 is 14.8 Å². The molecule has 0 spiro atoms. The summed E-state index contributed by atoms with van der Waals surface area (Å²) in [6, 6.07) is 5.20. The second kappa shape index (κ2) is 8.66. The highest BCUT2D eigenvalue weighted by molar-refractivity contribution is 7.13. The lowest BCUT2D eigenvalue weighted by atomic mass is 10.1. The molecule has 7 nitrogen and oxygen atoms in total. The van der Waals surface area contributed by atoms with Crippen LogP contribution in [0.5, 0.6) is 11.5 Å². The Morgan fingerprint density at radius 1 is 1.27 bits per heavy atom. The normalized spacial score (nSPS) is 11.7. The summed E-state index contributed by atoms with van der Waals surface area (Å²) in [6.07, 6.45) is 0.853. The molecule has 0 aliphatic heterocycles. The molecule has 0 saturated carbocycles. The van der Waals surface area contributed by atoms with Gasteiger partial charge in [0.05, 0.1) is 26.0 Å². The van der Waals surface area contributed by atoms with Crippen molar-refractivity contribution in [1.29, 1.82) is 0 Å². The largest absolute Gasteiger partial charge is 0.493 e. The van der Waals surface area contributed by atoms with E-state index in [-0.39, 0.29) is 16.8 Å². The van der Waals surface area contributed by atoms with Gasteiger partial charge in [-0.15, -0.1) is 11.3 Å². The van der Waals surface area contributed by atoms with Crippen LogP contribution in [0.4, 0.5) is 0 Å². The number of amides is 1. The van der Waals surface area contributed by atoms with Gasteiger partial charge in [-0.05, 0) is 38.0 Å². The van der Waals surface area contributed by atoms with Gasteiger partial charge < -0.3 is 19.9 Å². The van der Waals surface area contributed by atoms with Crippen LogP contribution in [-0.4, -0.2) is 36.2 Å². The van der Waals surface area contributed by atoms with Gasteiger partial charge in [-0.3, -0.25) is 4.79 Å². The van der Waals surface area contributed by atoms with E-state index in [1.807, 2.05) is 12.1 Å². The van der Waals surface area contributed by atoms with E-state index in [0.717, 1.165) is 16.9 Å². The number of benzene rings is 1. The van der Waals surface area contributed by atoms with Crippen LogP contribution in [0.25, 0.3) is 0 Å². The fourth-order valence-electron chi connectivity index (χ4n) is 2.47. The maximum Gasteiger partial charge on any atom is 0.347 e. The van der Waals surface area contributed by atoms with E-state index in [1.165, 1.54) is 0 Å². The van der Waals surface area contributed by atoms with Crippen LogP contribution in [-0.2, 0) is 11.2 Å². The number of nitrogens with zero attached hydrogens (tertiary/aromatic N) is 1. The Morgan fingerprint density at radius 2 is 1.96 bits per heavy atom. The summed E-state index contributed by atoms with van der Waals surface area (Å²) in [7, 11) is 3.14. The van der Waals surface area contributed by atoms with Crippen molar-refractivity contribution in [3.63, 3.8) is 0 Å². The molecule has 1 amide bonds. The number of hydrogen-bond donors (Lipinski definition) is 2. The Hall–Kier alpha value is -2.61. The molecule has 140 valence electrons. The minimum atomic E-state index is -1.00. The molecule has 0 aliphatic carbocycles. The zero-order chi connectivity index (χ0) is 19.3. The lowest BCUT2D eigenvalue weighted by Crippen LogP contribution is -2.26. The van der Waals surface area contributed by atoms with Crippen molar-refractivity contribution in [2.45, 2.75) is 32.7 Å². The molecule has 0 aliphatic rings. The van der Waals surface area contributed by atoms with Crippen LogP contribution in [0.2, 0.25) is 0 Å². The molecular formula is C18H22N2O5S. The number of carboxylic acids is 1. The summed E-state index contributed by atoms with van der Waals surface area (Å²) < 4.78 is 10.5. The van der Waals surface area contributed by atoms with Gasteiger partial charge in [-0.1, -0.05) is 6.07 Å². The molecule has 1 unspecified atom stereocenters. The van der Waals surface area contributed by atoms with E-state index in [9.17, 15) is 9.59 Å². The SMILES string of the molecule is COc1ccc(CCC(=O)NC(C)c2nc(C)c(C(=O)O)s2)cc1OC. The van der Waals surface area contributed by atoms with E-state index in [4.69, 9.17) is 14.6 Å². The van der Waals surface area contributed by atoms with Gasteiger partial charge in [0.1, 0.15) is 9.88 Å². The van der Waals surface area contributed by atoms with Crippen molar-refractivity contribution >= 4 is 23.2 Å². The lowest BCUT2D eigenvalue weighted by Gasteiger charge is -2.12. The molecule has 1 aromatic heterocycles. The highest BCUT2D eigenvalue weighted by atomic mass is 32.1. The van der Waals surface area contributed by atoms with Gasteiger partial charge in [0.25, 0.3) is 0 Å². The number of carbonyl (C=O) groups excluding carboxylic acids is 1. The van der Waals surface area contributed by atoms with Crippen molar-refractivity contribution in [2.75, 3.05) is 14.2 Å². The van der Waals surface area contributed by atoms with E-state index >= 15 is 0 Å². The Morgan fingerprint density at radius 3 is 2.54 bits per heavy atom. The molecule has 2 rings (SSSR count). The Bertz CT molecular complexity index is 803. The maximum absolute atomic E-state index is 12.2. The molecular weight excluding hydrogens is 356 g/mol. The smallest absolute Gasteiger partial charge is 0.347 e. The number of aromatic nitrogens is 1. The number of nitrogens with one attached hydrogen (secondary N) is 1. The second-order valence-corrected chi connectivity index (χ2v) is 6.78. The molecule has 0 saturated heterocycles. The van der Waals surface area contributed by atoms with Gasteiger partial charge >= 0.3 is 5.97 Å². The van der Waals surface area contributed by atoms with E-state index in [2.05, 4.69) is 10.3 Å². The maximum atomic E-state index is 12.2. The molecule has 26 heavy (non-hydrogen) atoms. The summed E-state index contributed by atoms with van der Waals surface area (Å²) in [4.78, 5) is 27.7. The van der Waals surface area contributed by atoms with Gasteiger partial charge in [0, 0.05) is 6.42 Å². The van der Waals surface area contributed by atoms with Gasteiger partial charge in [-0.25, -0.2) is 9.78 Å². The summed E-state index contributed by atoms with van der Waals surface area (Å²) in [6.45, 7) is 3.44. The fraction of sp³-hybridized carbons (Fsp3) is 0.389. The van der Waals surface area contributed by atoms with Gasteiger partial charge in [0.15, 0.2) is 11.5 Å². The number of aryl methyl sites for hydroxylation is 2. The highest BCUT2D eigenvalue weighted by Crippen LogP contribution is 2.28. The first-order chi connectivity index (χ1) is 12.3. The van der Waals surface area contributed by atoms with Crippen LogP contribution in [0.1, 0.15) is 45.3 Å². The van der Waals surface area contributed by atoms with Crippen LogP contribution in [0, 0.1) is 6.92 Å². The number of carbonyl (C=O) groups is 2. The quantitative estimate of drug-likeness (QED) is 0.733. The fourth-order valence-corrected chi connectivity index (χ4v) is 3.38. The zero-order valence-corrected chi connectivity index (χ0v) is 16.0. The molecule has 1 heterocycles. The van der Waals surface area contributed by atoms with Gasteiger partial charge in [0.2, 0.25) is 5.91 Å². The predicted octanol–water partition coefficient (Wildman–Crippen LogP) is 2.98. The highest BCUT2D eigenvalue weighted by Gasteiger charge is 2.19. The molecule has 1 atom stereocenters. The second-order valence-electron chi connectivity index (χ2n) is 5.75. The molecule has 0 fully saturated rings. The summed E-state index contributed by atoms with van der Waals surface area (Å²) in [5, 5.41) is 12.5. The van der Waals surface area contributed by atoms with Crippen molar-refractivity contribution in [1.82, 2.24) is 10.3 Å². The number of methoxy groups -OCH3 is 2. The average Bonchev–Trinajstić information content (AvgIpc) is 3.01. The van der Waals surface area contributed by atoms with E-state index in [1.54, 1.807) is 34.1 Å². The Balaban J connectivity index is 1.94. The van der Waals surface area contributed by atoms with Crippen molar-refractivity contribution in [2.24, 2.45) is 0 Å². The zero-order valence-electron chi connectivity index (χ0n) is 15.2. The van der Waals surface area contributed by atoms with Crippen LogP contribution in [0.15, 0.2) is 18.2 Å². The Labute approximate surface area is 156 Å². The van der Waals surface area contributed by atoms with Crippen molar-refractivity contribution in [3.05, 3.63) is 39.3 Å². The topological polar surface area (TPSA) is 97.8 Å². The number of rotatable bonds is 8. The summed E-state index contributed by atoms with van der Waals surface area (Å²) >= 11 is 1.09. The summed E-state index contributed by atoms with van der Waals surface area (Å²) in [5.41, 5.74) is 1.42. The first kappa shape index (κ1) is 19.7. The van der Waals surface area contributed by atoms with E-state index < -0.39 is 5.97 Å². The third kappa shape index (κ3) is 4.72. The first-order valence-corrected chi connectivity index (χ1v) is 8.88. The third-order valence-electron chi connectivity index (χ3n) is 3.84.